The van der Waals surface area contributed by atoms with E-state index in [-0.39, 0.29) is 11.9 Å². The Morgan fingerprint density at radius 1 is 0.929 bits per heavy atom. The number of nitrogens with zero attached hydrogens (tertiary/aromatic N) is 1. The van der Waals surface area contributed by atoms with E-state index in [1.807, 2.05) is 79.8 Å². The molecule has 2 unspecified atom stereocenters. The minimum atomic E-state index is -0.547. The predicted octanol–water partition coefficient (Wildman–Crippen LogP) is 4.67. The summed E-state index contributed by atoms with van der Waals surface area (Å²) in [6.07, 6.45) is -0.547. The zero-order chi connectivity index (χ0) is 19.9. The highest BCUT2D eigenvalue weighted by atomic mass is 16.3. The summed E-state index contributed by atoms with van der Waals surface area (Å²) in [5, 5.41) is 13.4. The number of aliphatic hydroxyl groups is 1. The van der Waals surface area contributed by atoms with E-state index < -0.39 is 6.10 Å². The standard InChI is InChI=1S/C24H26N2O2/c1-18(26(2)17-23(27)19-10-5-3-6-11-19)21-14-9-15-22(16-21)25-24(28)20-12-7-4-8-13-20/h3-16,18,23,27H,17H2,1-2H3,(H,25,28). The van der Waals surface area contributed by atoms with Gasteiger partial charge in [0.1, 0.15) is 0 Å². The topological polar surface area (TPSA) is 52.6 Å². The molecule has 0 aliphatic carbocycles. The number of aliphatic hydroxyl groups excluding tert-OH is 1. The summed E-state index contributed by atoms with van der Waals surface area (Å²) in [6.45, 7) is 2.61. The Hall–Kier alpha value is -2.95. The molecule has 3 aromatic carbocycles. The lowest BCUT2D eigenvalue weighted by molar-refractivity contribution is 0.102. The van der Waals surface area contributed by atoms with Gasteiger partial charge in [-0.25, -0.2) is 0 Å². The van der Waals surface area contributed by atoms with Gasteiger partial charge in [0, 0.05) is 23.8 Å². The van der Waals surface area contributed by atoms with Gasteiger partial charge in [-0.3, -0.25) is 9.69 Å². The van der Waals surface area contributed by atoms with E-state index >= 15 is 0 Å². The molecule has 0 saturated heterocycles. The van der Waals surface area contributed by atoms with Crippen LogP contribution in [0.25, 0.3) is 0 Å². The maximum atomic E-state index is 12.4. The SMILES string of the molecule is CC(c1cccc(NC(=O)c2ccccc2)c1)N(C)CC(O)c1ccccc1. The van der Waals surface area contributed by atoms with Crippen LogP contribution in [0.5, 0.6) is 0 Å². The number of nitrogens with one attached hydrogen (secondary N) is 1. The molecule has 4 heteroatoms. The van der Waals surface area contributed by atoms with Gasteiger partial charge >= 0.3 is 0 Å². The third-order valence-corrected chi connectivity index (χ3v) is 4.97. The van der Waals surface area contributed by atoms with E-state index in [0.717, 1.165) is 16.8 Å². The second-order valence-electron chi connectivity index (χ2n) is 6.99. The van der Waals surface area contributed by atoms with Gasteiger partial charge in [-0.2, -0.15) is 0 Å². The quantitative estimate of drug-likeness (QED) is 0.632. The monoisotopic (exact) mass is 374 g/mol. The molecule has 3 rings (SSSR count). The van der Waals surface area contributed by atoms with Crippen molar-refractivity contribution in [2.24, 2.45) is 0 Å². The Bertz CT molecular complexity index is 897. The molecule has 0 saturated carbocycles. The van der Waals surface area contributed by atoms with Crippen molar-refractivity contribution < 1.29 is 9.90 Å². The van der Waals surface area contributed by atoms with Crippen LogP contribution >= 0.6 is 0 Å². The maximum absolute atomic E-state index is 12.4. The highest BCUT2D eigenvalue weighted by molar-refractivity contribution is 6.04. The summed E-state index contributed by atoms with van der Waals surface area (Å²) in [4.78, 5) is 14.5. The summed E-state index contributed by atoms with van der Waals surface area (Å²) in [7, 11) is 1.99. The summed E-state index contributed by atoms with van der Waals surface area (Å²) in [5.41, 5.74) is 3.37. The fraction of sp³-hybridized carbons (Fsp3) is 0.208. The first kappa shape index (κ1) is 19.8. The Balaban J connectivity index is 1.66. The fourth-order valence-electron chi connectivity index (χ4n) is 3.14. The molecule has 4 nitrogen and oxygen atoms in total. The van der Waals surface area contributed by atoms with Crippen molar-refractivity contribution in [3.63, 3.8) is 0 Å². The second-order valence-corrected chi connectivity index (χ2v) is 6.99. The molecular formula is C24H26N2O2. The molecule has 2 N–H and O–H groups in total. The summed E-state index contributed by atoms with van der Waals surface area (Å²) in [6, 6.07) is 26.8. The zero-order valence-electron chi connectivity index (χ0n) is 16.2. The Kier molecular flexibility index (Phi) is 6.58. The summed E-state index contributed by atoms with van der Waals surface area (Å²) >= 11 is 0. The Labute approximate surface area is 166 Å². The van der Waals surface area contributed by atoms with Crippen molar-refractivity contribution in [2.75, 3.05) is 18.9 Å². The number of hydrogen-bond donors (Lipinski definition) is 2. The molecule has 0 bridgehead atoms. The van der Waals surface area contributed by atoms with Crippen molar-refractivity contribution in [1.29, 1.82) is 0 Å². The number of carbonyl (C=O) groups excluding carboxylic acids is 1. The van der Waals surface area contributed by atoms with E-state index in [2.05, 4.69) is 17.1 Å². The molecule has 0 heterocycles. The second kappa shape index (κ2) is 9.31. The van der Waals surface area contributed by atoms with Gasteiger partial charge in [-0.1, -0.05) is 60.7 Å². The maximum Gasteiger partial charge on any atom is 0.255 e. The molecule has 0 fully saturated rings. The molecule has 0 spiro atoms. The molecule has 28 heavy (non-hydrogen) atoms. The van der Waals surface area contributed by atoms with Crippen LogP contribution in [0.1, 0.15) is 40.6 Å². The van der Waals surface area contributed by atoms with Crippen molar-refractivity contribution in [3.8, 4) is 0 Å². The Morgan fingerprint density at radius 2 is 1.54 bits per heavy atom. The zero-order valence-corrected chi connectivity index (χ0v) is 16.2. The van der Waals surface area contributed by atoms with E-state index in [4.69, 9.17) is 0 Å². The van der Waals surface area contributed by atoms with Crippen molar-refractivity contribution >= 4 is 11.6 Å². The summed E-state index contributed by atoms with van der Waals surface area (Å²) in [5.74, 6) is -0.127. The Morgan fingerprint density at radius 3 is 2.21 bits per heavy atom. The van der Waals surface area contributed by atoms with E-state index in [9.17, 15) is 9.90 Å². The van der Waals surface area contributed by atoms with Crippen LogP contribution in [0.3, 0.4) is 0 Å². The molecule has 3 aromatic rings. The van der Waals surface area contributed by atoms with Crippen LogP contribution in [0.4, 0.5) is 5.69 Å². The van der Waals surface area contributed by atoms with E-state index in [1.165, 1.54) is 0 Å². The number of likely N-dealkylation sites (N-methyl/N-ethyl adjacent to an activating group) is 1. The lowest BCUT2D eigenvalue weighted by atomic mass is 10.0. The van der Waals surface area contributed by atoms with Crippen LogP contribution in [-0.2, 0) is 0 Å². The minimum Gasteiger partial charge on any atom is -0.387 e. The third kappa shape index (κ3) is 5.06. The highest BCUT2D eigenvalue weighted by Gasteiger charge is 2.17. The summed E-state index contributed by atoms with van der Waals surface area (Å²) < 4.78 is 0. The molecule has 0 aliphatic rings. The van der Waals surface area contributed by atoms with Crippen LogP contribution in [0, 0.1) is 0 Å². The van der Waals surface area contributed by atoms with E-state index in [0.29, 0.717) is 12.1 Å². The molecule has 144 valence electrons. The first-order valence-corrected chi connectivity index (χ1v) is 9.44. The number of hydrogen-bond acceptors (Lipinski definition) is 3. The lowest BCUT2D eigenvalue weighted by Crippen LogP contribution is -2.27. The number of benzene rings is 3. The minimum absolute atomic E-state index is 0.0898. The molecule has 0 radical (unpaired) electrons. The van der Waals surface area contributed by atoms with Gasteiger partial charge in [0.15, 0.2) is 0 Å². The van der Waals surface area contributed by atoms with Crippen molar-refractivity contribution in [2.45, 2.75) is 19.1 Å². The number of carbonyl (C=O) groups is 1. The van der Waals surface area contributed by atoms with Crippen LogP contribution in [-0.4, -0.2) is 29.5 Å². The molecule has 2 atom stereocenters. The predicted molar refractivity (Wildman–Crippen MR) is 113 cm³/mol. The van der Waals surface area contributed by atoms with E-state index in [1.54, 1.807) is 12.1 Å². The first-order valence-electron chi connectivity index (χ1n) is 9.44. The lowest BCUT2D eigenvalue weighted by Gasteiger charge is -2.27. The molecule has 1 amide bonds. The number of anilines is 1. The highest BCUT2D eigenvalue weighted by Crippen LogP contribution is 2.24. The van der Waals surface area contributed by atoms with Crippen molar-refractivity contribution in [3.05, 3.63) is 102 Å². The van der Waals surface area contributed by atoms with Gasteiger partial charge in [0.2, 0.25) is 0 Å². The molecular weight excluding hydrogens is 348 g/mol. The van der Waals surface area contributed by atoms with Crippen LogP contribution < -0.4 is 5.32 Å². The molecule has 0 aliphatic heterocycles. The average Bonchev–Trinajstić information content (AvgIpc) is 2.74. The normalized spacial score (nSPS) is 13.1. The fourth-order valence-corrected chi connectivity index (χ4v) is 3.14. The number of rotatable bonds is 7. The molecule has 0 aromatic heterocycles. The average molecular weight is 374 g/mol. The van der Waals surface area contributed by atoms with Crippen molar-refractivity contribution in [1.82, 2.24) is 4.90 Å². The van der Waals surface area contributed by atoms with Gasteiger partial charge in [-0.15, -0.1) is 0 Å². The van der Waals surface area contributed by atoms with Crippen LogP contribution in [0.2, 0.25) is 0 Å². The van der Waals surface area contributed by atoms with Gasteiger partial charge in [0.25, 0.3) is 5.91 Å². The largest absolute Gasteiger partial charge is 0.387 e. The van der Waals surface area contributed by atoms with Crippen LogP contribution in [0.15, 0.2) is 84.9 Å². The van der Waals surface area contributed by atoms with Gasteiger partial charge in [0.05, 0.1) is 6.10 Å². The number of amides is 1. The smallest absolute Gasteiger partial charge is 0.255 e. The van der Waals surface area contributed by atoms with Gasteiger partial charge in [-0.05, 0) is 49.4 Å². The third-order valence-electron chi connectivity index (χ3n) is 4.97. The van der Waals surface area contributed by atoms with Gasteiger partial charge < -0.3 is 10.4 Å². The first-order chi connectivity index (χ1) is 13.5.